The molecule has 1 fully saturated rings. The smallest absolute Gasteiger partial charge is 0.137 e. The second-order valence-corrected chi connectivity index (χ2v) is 5.47. The van der Waals surface area contributed by atoms with Crippen molar-refractivity contribution in [3.8, 4) is 0 Å². The van der Waals surface area contributed by atoms with Crippen molar-refractivity contribution in [2.75, 3.05) is 0 Å². The van der Waals surface area contributed by atoms with Gasteiger partial charge in [0.1, 0.15) is 5.82 Å². The summed E-state index contributed by atoms with van der Waals surface area (Å²) < 4.78 is 13.8. The largest absolute Gasteiger partial charge is 0.310 e. The number of nitrogens with one attached hydrogen (secondary N) is 1. The molecule has 1 atom stereocenters. The number of benzene rings is 1. The maximum Gasteiger partial charge on any atom is 0.137 e. The lowest BCUT2D eigenvalue weighted by Gasteiger charge is -2.14. The van der Waals surface area contributed by atoms with Gasteiger partial charge >= 0.3 is 0 Å². The van der Waals surface area contributed by atoms with E-state index in [2.05, 4.69) is 28.2 Å². The van der Waals surface area contributed by atoms with Crippen LogP contribution in [-0.4, -0.2) is 6.04 Å². The van der Waals surface area contributed by atoms with Crippen molar-refractivity contribution in [1.82, 2.24) is 5.32 Å². The molecule has 1 N–H and O–H groups in total. The van der Waals surface area contributed by atoms with Gasteiger partial charge < -0.3 is 5.32 Å². The van der Waals surface area contributed by atoms with E-state index in [9.17, 15) is 4.39 Å². The van der Waals surface area contributed by atoms with Crippen LogP contribution in [0.4, 0.5) is 4.39 Å². The van der Waals surface area contributed by atoms with Gasteiger partial charge in [0, 0.05) is 12.6 Å². The first-order chi connectivity index (χ1) is 7.66. The molecule has 0 bridgehead atoms. The molecule has 16 heavy (non-hydrogen) atoms. The van der Waals surface area contributed by atoms with Crippen molar-refractivity contribution in [2.45, 2.75) is 38.8 Å². The van der Waals surface area contributed by atoms with E-state index in [4.69, 9.17) is 0 Å². The summed E-state index contributed by atoms with van der Waals surface area (Å²) in [6.45, 7) is 2.93. The molecule has 0 amide bonds. The molecule has 0 saturated heterocycles. The van der Waals surface area contributed by atoms with Crippen LogP contribution in [0.3, 0.4) is 0 Å². The van der Waals surface area contributed by atoms with Crippen molar-refractivity contribution in [2.24, 2.45) is 5.92 Å². The van der Waals surface area contributed by atoms with Gasteiger partial charge in [0.15, 0.2) is 0 Å². The van der Waals surface area contributed by atoms with E-state index in [1.807, 2.05) is 6.07 Å². The minimum Gasteiger partial charge on any atom is -0.310 e. The third-order valence-electron chi connectivity index (χ3n) is 3.06. The monoisotopic (exact) mass is 285 g/mol. The quantitative estimate of drug-likeness (QED) is 0.866. The second kappa shape index (κ2) is 5.28. The van der Waals surface area contributed by atoms with E-state index in [0.29, 0.717) is 10.5 Å². The molecule has 1 aliphatic rings. The molecule has 0 spiro atoms. The summed E-state index contributed by atoms with van der Waals surface area (Å²) in [6, 6.07) is 5.69. The van der Waals surface area contributed by atoms with Gasteiger partial charge in [-0.25, -0.2) is 4.39 Å². The second-order valence-electron chi connectivity index (χ2n) is 4.67. The predicted octanol–water partition coefficient (Wildman–Crippen LogP) is 3.87. The van der Waals surface area contributed by atoms with E-state index in [-0.39, 0.29) is 5.82 Å². The van der Waals surface area contributed by atoms with Crippen molar-refractivity contribution < 1.29 is 4.39 Å². The first-order valence-electron chi connectivity index (χ1n) is 5.83. The van der Waals surface area contributed by atoms with Gasteiger partial charge in [0.05, 0.1) is 4.47 Å². The van der Waals surface area contributed by atoms with E-state index in [1.165, 1.54) is 25.3 Å². The molecule has 3 heteroatoms. The zero-order valence-electron chi connectivity index (χ0n) is 9.47. The fourth-order valence-electron chi connectivity index (χ4n) is 1.91. The normalized spacial score (nSPS) is 17.4. The summed E-state index contributed by atoms with van der Waals surface area (Å²) in [7, 11) is 0. The number of rotatable bonds is 5. The minimum absolute atomic E-state index is 0.186. The van der Waals surface area contributed by atoms with Crippen molar-refractivity contribution >= 4 is 15.9 Å². The van der Waals surface area contributed by atoms with Gasteiger partial charge in [-0.3, -0.25) is 0 Å². The summed E-state index contributed by atoms with van der Waals surface area (Å²) in [5, 5.41) is 3.44. The van der Waals surface area contributed by atoms with Crippen molar-refractivity contribution in [3.05, 3.63) is 34.1 Å². The van der Waals surface area contributed by atoms with Crippen LogP contribution in [0.2, 0.25) is 0 Å². The molecule has 1 aromatic rings. The lowest BCUT2D eigenvalue weighted by molar-refractivity contribution is 0.485. The maximum atomic E-state index is 13.2. The molecule has 0 aromatic heterocycles. The average molecular weight is 286 g/mol. The molecule has 2 rings (SSSR count). The molecule has 0 aliphatic heterocycles. The van der Waals surface area contributed by atoms with E-state index < -0.39 is 0 Å². The molecular formula is C13H17BrFN. The Morgan fingerprint density at radius 3 is 2.94 bits per heavy atom. The van der Waals surface area contributed by atoms with Crippen LogP contribution in [0.1, 0.15) is 31.7 Å². The van der Waals surface area contributed by atoms with Crippen LogP contribution in [0.25, 0.3) is 0 Å². The zero-order valence-corrected chi connectivity index (χ0v) is 11.1. The summed E-state index contributed by atoms with van der Waals surface area (Å²) in [5.74, 6) is 0.743. The molecule has 1 aromatic carbocycles. The van der Waals surface area contributed by atoms with E-state index in [1.54, 1.807) is 6.07 Å². The zero-order chi connectivity index (χ0) is 11.5. The number of hydrogen-bond donors (Lipinski definition) is 1. The molecule has 1 aliphatic carbocycles. The Hall–Kier alpha value is -0.410. The molecular weight excluding hydrogens is 269 g/mol. The van der Waals surface area contributed by atoms with Gasteiger partial charge in [0.25, 0.3) is 0 Å². The lowest BCUT2D eigenvalue weighted by atomic mass is 10.1. The minimum atomic E-state index is -0.186. The summed E-state index contributed by atoms with van der Waals surface area (Å²) >= 11 is 3.28. The third kappa shape index (κ3) is 3.29. The van der Waals surface area contributed by atoms with Crippen LogP contribution in [0.15, 0.2) is 22.7 Å². The Balaban J connectivity index is 1.85. The Kier molecular flexibility index (Phi) is 3.98. The molecule has 1 unspecified atom stereocenters. The van der Waals surface area contributed by atoms with Gasteiger partial charge in [-0.15, -0.1) is 0 Å². The summed E-state index contributed by atoms with van der Waals surface area (Å²) in [4.78, 5) is 0. The topological polar surface area (TPSA) is 12.0 Å². The van der Waals surface area contributed by atoms with Crippen LogP contribution in [-0.2, 0) is 6.54 Å². The van der Waals surface area contributed by atoms with Gasteiger partial charge in [-0.1, -0.05) is 25.0 Å². The van der Waals surface area contributed by atoms with Gasteiger partial charge in [-0.2, -0.15) is 0 Å². The Bertz CT molecular complexity index is 363. The number of halogens is 2. The van der Waals surface area contributed by atoms with E-state index >= 15 is 0 Å². The number of hydrogen-bond acceptors (Lipinski definition) is 1. The molecule has 88 valence electrons. The molecule has 0 radical (unpaired) electrons. The van der Waals surface area contributed by atoms with Crippen molar-refractivity contribution in [1.29, 1.82) is 0 Å². The Morgan fingerprint density at radius 2 is 2.25 bits per heavy atom. The highest BCUT2D eigenvalue weighted by atomic mass is 79.9. The average Bonchev–Trinajstić information content (AvgIpc) is 3.04. The first kappa shape index (κ1) is 12.1. The van der Waals surface area contributed by atoms with Gasteiger partial charge in [0.2, 0.25) is 0 Å². The Morgan fingerprint density at radius 1 is 1.50 bits per heavy atom. The predicted molar refractivity (Wildman–Crippen MR) is 67.7 cm³/mol. The lowest BCUT2D eigenvalue weighted by Crippen LogP contribution is -2.26. The first-order valence-corrected chi connectivity index (χ1v) is 6.62. The fourth-order valence-corrected chi connectivity index (χ4v) is 2.31. The molecule has 0 heterocycles. The fraction of sp³-hybridized carbons (Fsp3) is 0.538. The highest BCUT2D eigenvalue weighted by molar-refractivity contribution is 9.10. The standard InChI is InChI=1S/C13H17BrFN/c1-9(7-10-5-6-10)16-8-11-3-2-4-12(15)13(11)14/h2-4,9-10,16H,5-8H2,1H3. The third-order valence-corrected chi connectivity index (χ3v) is 3.94. The van der Waals surface area contributed by atoms with Crippen LogP contribution in [0, 0.1) is 11.7 Å². The summed E-state index contributed by atoms with van der Waals surface area (Å²) in [5.41, 5.74) is 0.989. The Labute approximate surface area is 105 Å². The van der Waals surface area contributed by atoms with Crippen LogP contribution < -0.4 is 5.32 Å². The highest BCUT2D eigenvalue weighted by Crippen LogP contribution is 2.33. The van der Waals surface area contributed by atoms with Crippen LogP contribution >= 0.6 is 15.9 Å². The van der Waals surface area contributed by atoms with Crippen molar-refractivity contribution in [3.63, 3.8) is 0 Å². The summed E-state index contributed by atoms with van der Waals surface area (Å²) in [6.07, 6.45) is 4.01. The molecule has 1 saturated carbocycles. The maximum absolute atomic E-state index is 13.2. The molecule has 1 nitrogen and oxygen atoms in total. The highest BCUT2D eigenvalue weighted by Gasteiger charge is 2.23. The van der Waals surface area contributed by atoms with E-state index in [0.717, 1.165) is 18.0 Å². The SMILES string of the molecule is CC(CC1CC1)NCc1cccc(F)c1Br. The van der Waals surface area contributed by atoms with Gasteiger partial charge in [-0.05, 0) is 46.8 Å². The van der Waals surface area contributed by atoms with Crippen LogP contribution in [0.5, 0.6) is 0 Å².